The first kappa shape index (κ1) is 12.0. The summed E-state index contributed by atoms with van der Waals surface area (Å²) in [6, 6.07) is 15.8. The highest BCUT2D eigenvalue weighted by molar-refractivity contribution is 6.03. The summed E-state index contributed by atoms with van der Waals surface area (Å²) in [6.07, 6.45) is 1.84. The Hall–Kier alpha value is -2.09. The molecular formula is C17H16O2. The van der Waals surface area contributed by atoms with E-state index in [9.17, 15) is 4.79 Å². The van der Waals surface area contributed by atoms with E-state index in [1.54, 1.807) is 7.11 Å². The number of benzene rings is 2. The molecule has 0 N–H and O–H groups in total. The maximum atomic E-state index is 12.6. The number of ether oxygens (including phenoxy) is 1. The van der Waals surface area contributed by atoms with Crippen LogP contribution in [0.25, 0.3) is 0 Å². The van der Waals surface area contributed by atoms with Gasteiger partial charge in [-0.3, -0.25) is 4.79 Å². The van der Waals surface area contributed by atoms with Crippen molar-refractivity contribution in [3.05, 3.63) is 65.2 Å². The highest BCUT2D eigenvalue weighted by Crippen LogP contribution is 2.34. The first-order valence-electron chi connectivity index (χ1n) is 6.55. The van der Waals surface area contributed by atoms with Crippen molar-refractivity contribution in [2.75, 3.05) is 7.11 Å². The largest absolute Gasteiger partial charge is 0.497 e. The molecule has 0 spiro atoms. The Bertz CT molecular complexity index is 602. The lowest BCUT2D eigenvalue weighted by Crippen LogP contribution is -2.20. The molecule has 0 bridgehead atoms. The molecule has 0 saturated carbocycles. The molecule has 2 aromatic rings. The molecule has 0 fully saturated rings. The van der Waals surface area contributed by atoms with E-state index in [-0.39, 0.29) is 11.7 Å². The zero-order valence-corrected chi connectivity index (χ0v) is 10.9. The van der Waals surface area contributed by atoms with Gasteiger partial charge in [0, 0.05) is 11.5 Å². The van der Waals surface area contributed by atoms with Crippen LogP contribution in [0.5, 0.6) is 5.75 Å². The number of hydrogen-bond acceptors (Lipinski definition) is 2. The number of rotatable bonds is 2. The second-order valence-electron chi connectivity index (χ2n) is 4.89. The van der Waals surface area contributed by atoms with Crippen molar-refractivity contribution in [1.29, 1.82) is 0 Å². The average Bonchev–Trinajstić information content (AvgIpc) is 2.48. The smallest absolute Gasteiger partial charge is 0.170 e. The van der Waals surface area contributed by atoms with Crippen molar-refractivity contribution < 1.29 is 9.53 Å². The maximum absolute atomic E-state index is 12.6. The molecule has 3 rings (SSSR count). The minimum absolute atomic E-state index is 0.0131. The molecule has 1 aliphatic rings. The predicted molar refractivity (Wildman–Crippen MR) is 74.8 cm³/mol. The topological polar surface area (TPSA) is 26.3 Å². The van der Waals surface area contributed by atoms with Crippen LogP contribution in [0.15, 0.2) is 48.5 Å². The summed E-state index contributed by atoms with van der Waals surface area (Å²) in [4.78, 5) is 12.6. The number of methoxy groups -OCH3 is 1. The Balaban J connectivity index is 1.99. The molecule has 0 heterocycles. The third-order valence-corrected chi connectivity index (χ3v) is 3.80. The third-order valence-electron chi connectivity index (χ3n) is 3.80. The molecule has 96 valence electrons. The Labute approximate surface area is 113 Å². The van der Waals surface area contributed by atoms with Gasteiger partial charge in [-0.2, -0.15) is 0 Å². The molecule has 0 saturated heterocycles. The zero-order chi connectivity index (χ0) is 13.2. The summed E-state index contributed by atoms with van der Waals surface area (Å²) in [5.41, 5.74) is 3.07. The predicted octanol–water partition coefficient (Wildman–Crippen LogP) is 3.61. The summed E-state index contributed by atoms with van der Waals surface area (Å²) < 4.78 is 5.22. The fourth-order valence-corrected chi connectivity index (χ4v) is 2.75. The fourth-order valence-electron chi connectivity index (χ4n) is 2.75. The van der Waals surface area contributed by atoms with E-state index in [2.05, 4.69) is 0 Å². The van der Waals surface area contributed by atoms with Crippen LogP contribution < -0.4 is 4.74 Å². The second kappa shape index (κ2) is 4.88. The molecule has 2 nitrogen and oxygen atoms in total. The number of Topliss-reactive ketones (excluding diaryl/α,β-unsaturated/α-hetero) is 1. The van der Waals surface area contributed by atoms with Crippen LogP contribution in [0, 0.1) is 0 Å². The number of carbonyl (C=O) groups excluding carboxylic acids is 1. The van der Waals surface area contributed by atoms with Gasteiger partial charge in [-0.25, -0.2) is 0 Å². The van der Waals surface area contributed by atoms with Crippen LogP contribution in [0.2, 0.25) is 0 Å². The molecule has 1 aliphatic carbocycles. The van der Waals surface area contributed by atoms with Crippen LogP contribution in [-0.4, -0.2) is 12.9 Å². The lowest BCUT2D eigenvalue weighted by molar-refractivity contribution is 0.0946. The molecule has 2 heteroatoms. The highest BCUT2D eigenvalue weighted by Gasteiger charge is 2.28. The summed E-state index contributed by atoms with van der Waals surface area (Å²) in [7, 11) is 1.63. The van der Waals surface area contributed by atoms with E-state index < -0.39 is 0 Å². The van der Waals surface area contributed by atoms with Gasteiger partial charge in [-0.1, -0.05) is 36.4 Å². The highest BCUT2D eigenvalue weighted by atomic mass is 16.5. The minimum atomic E-state index is -0.0131. The molecule has 0 radical (unpaired) electrons. The maximum Gasteiger partial charge on any atom is 0.170 e. The molecule has 0 aromatic heterocycles. The molecule has 1 atom stereocenters. The summed E-state index contributed by atoms with van der Waals surface area (Å²) >= 11 is 0. The van der Waals surface area contributed by atoms with E-state index in [1.165, 1.54) is 0 Å². The molecule has 0 aliphatic heterocycles. The van der Waals surface area contributed by atoms with E-state index in [1.807, 2.05) is 48.5 Å². The number of hydrogen-bond donors (Lipinski definition) is 0. The molecule has 0 unspecified atom stereocenters. The van der Waals surface area contributed by atoms with E-state index in [0.29, 0.717) is 0 Å². The molecule has 19 heavy (non-hydrogen) atoms. The monoisotopic (exact) mass is 252 g/mol. The van der Waals surface area contributed by atoms with Crippen molar-refractivity contribution in [3.8, 4) is 5.75 Å². The standard InChI is InChI=1S/C17H16O2/c1-19-14-9-7-13-8-10-15(17(18)16(13)11-14)12-5-3-2-4-6-12/h2-7,9,11,15H,8,10H2,1H3/t15-/m1/s1. The van der Waals surface area contributed by atoms with Gasteiger partial charge in [0.05, 0.1) is 7.11 Å². The summed E-state index contributed by atoms with van der Waals surface area (Å²) in [5.74, 6) is 0.952. The van der Waals surface area contributed by atoms with Gasteiger partial charge in [0.25, 0.3) is 0 Å². The van der Waals surface area contributed by atoms with Crippen molar-refractivity contribution in [2.45, 2.75) is 18.8 Å². The lowest BCUT2D eigenvalue weighted by atomic mass is 9.79. The second-order valence-corrected chi connectivity index (χ2v) is 4.89. The first-order chi connectivity index (χ1) is 9.29. The van der Waals surface area contributed by atoms with Gasteiger partial charge < -0.3 is 4.74 Å². The van der Waals surface area contributed by atoms with Gasteiger partial charge in [0.1, 0.15) is 5.75 Å². The number of fused-ring (bicyclic) bond motifs is 1. The molecular weight excluding hydrogens is 236 g/mol. The van der Waals surface area contributed by atoms with E-state index in [0.717, 1.165) is 35.3 Å². The van der Waals surface area contributed by atoms with Crippen LogP contribution in [0.3, 0.4) is 0 Å². The number of aryl methyl sites for hydroxylation is 1. The summed E-state index contributed by atoms with van der Waals surface area (Å²) in [6.45, 7) is 0. The SMILES string of the molecule is COc1ccc2c(c1)C(=O)[C@@H](c1ccccc1)CC2. The van der Waals surface area contributed by atoms with Gasteiger partial charge in [-0.15, -0.1) is 0 Å². The first-order valence-corrected chi connectivity index (χ1v) is 6.55. The zero-order valence-electron chi connectivity index (χ0n) is 10.9. The number of ketones is 1. The summed E-state index contributed by atoms with van der Waals surface area (Å²) in [5, 5.41) is 0. The van der Waals surface area contributed by atoms with Gasteiger partial charge in [-0.05, 0) is 36.1 Å². The van der Waals surface area contributed by atoms with Gasteiger partial charge in [0.15, 0.2) is 5.78 Å². The average molecular weight is 252 g/mol. The Morgan fingerprint density at radius 2 is 1.89 bits per heavy atom. The lowest BCUT2D eigenvalue weighted by Gasteiger charge is -2.24. The quantitative estimate of drug-likeness (QED) is 0.816. The normalized spacial score (nSPS) is 17.9. The Kier molecular flexibility index (Phi) is 3.08. The van der Waals surface area contributed by atoms with E-state index in [4.69, 9.17) is 4.74 Å². The van der Waals surface area contributed by atoms with Crippen LogP contribution >= 0.6 is 0 Å². The fraction of sp³-hybridized carbons (Fsp3) is 0.235. The van der Waals surface area contributed by atoms with Crippen molar-refractivity contribution >= 4 is 5.78 Å². The molecule has 2 aromatic carbocycles. The van der Waals surface area contributed by atoms with Gasteiger partial charge >= 0.3 is 0 Å². The van der Waals surface area contributed by atoms with Gasteiger partial charge in [0.2, 0.25) is 0 Å². The van der Waals surface area contributed by atoms with Crippen LogP contribution in [0.4, 0.5) is 0 Å². The minimum Gasteiger partial charge on any atom is -0.497 e. The van der Waals surface area contributed by atoms with E-state index >= 15 is 0 Å². The molecule has 0 amide bonds. The Morgan fingerprint density at radius 1 is 1.11 bits per heavy atom. The third kappa shape index (κ3) is 2.14. The van der Waals surface area contributed by atoms with Crippen LogP contribution in [0.1, 0.15) is 33.8 Å². The van der Waals surface area contributed by atoms with Crippen LogP contribution in [-0.2, 0) is 6.42 Å². The van der Waals surface area contributed by atoms with Crippen molar-refractivity contribution in [1.82, 2.24) is 0 Å². The van der Waals surface area contributed by atoms with Crippen molar-refractivity contribution in [2.24, 2.45) is 0 Å². The number of carbonyl (C=O) groups is 1. The Morgan fingerprint density at radius 3 is 2.63 bits per heavy atom. The van der Waals surface area contributed by atoms with Crippen molar-refractivity contribution in [3.63, 3.8) is 0 Å².